The Morgan fingerprint density at radius 2 is 1.68 bits per heavy atom. The van der Waals surface area contributed by atoms with Gasteiger partial charge in [-0.3, -0.25) is 9.59 Å². The van der Waals surface area contributed by atoms with Crippen molar-refractivity contribution in [2.75, 3.05) is 11.9 Å². The number of anilines is 1. The lowest BCUT2D eigenvalue weighted by atomic mass is 10.1. The Bertz CT molecular complexity index is 656. The predicted octanol–water partition coefficient (Wildman–Crippen LogP) is 2.11. The number of hydrogen-bond donors (Lipinski definition) is 3. The van der Waals surface area contributed by atoms with Crippen molar-refractivity contribution in [3.05, 3.63) is 65.7 Å². The highest BCUT2D eigenvalue weighted by Crippen LogP contribution is 2.17. The molecule has 114 valence electrons. The van der Waals surface area contributed by atoms with Crippen LogP contribution in [-0.4, -0.2) is 23.5 Å². The molecule has 0 unspecified atom stereocenters. The molecule has 0 saturated heterocycles. The van der Waals surface area contributed by atoms with Crippen molar-refractivity contribution in [2.45, 2.75) is 13.0 Å². The summed E-state index contributed by atoms with van der Waals surface area (Å²) in [5.41, 5.74) is 1.72. The van der Waals surface area contributed by atoms with Crippen molar-refractivity contribution >= 4 is 17.5 Å². The molecule has 5 nitrogen and oxygen atoms in total. The summed E-state index contributed by atoms with van der Waals surface area (Å²) < 4.78 is 0. The molecule has 2 aromatic carbocycles. The maximum atomic E-state index is 12.4. The van der Waals surface area contributed by atoms with E-state index in [9.17, 15) is 9.59 Å². The zero-order chi connectivity index (χ0) is 15.9. The molecule has 2 amide bonds. The third-order valence-electron chi connectivity index (χ3n) is 3.24. The minimum absolute atomic E-state index is 0.157. The van der Waals surface area contributed by atoms with Crippen molar-refractivity contribution in [1.29, 1.82) is 0 Å². The second-order valence-electron chi connectivity index (χ2n) is 4.86. The highest BCUT2D eigenvalue weighted by atomic mass is 16.3. The van der Waals surface area contributed by atoms with Crippen LogP contribution >= 0.6 is 0 Å². The number of nitrogens with one attached hydrogen (secondary N) is 2. The Hall–Kier alpha value is -2.66. The number of para-hydroxylation sites is 1. The fourth-order valence-corrected chi connectivity index (χ4v) is 2.08. The van der Waals surface area contributed by atoms with Gasteiger partial charge in [0, 0.05) is 0 Å². The van der Waals surface area contributed by atoms with Gasteiger partial charge in [-0.05, 0) is 24.6 Å². The smallest absolute Gasteiger partial charge is 0.253 e. The third kappa shape index (κ3) is 3.93. The highest BCUT2D eigenvalue weighted by molar-refractivity contribution is 6.04. The number of aliphatic hydroxyl groups is 1. The van der Waals surface area contributed by atoms with Gasteiger partial charge in [-0.1, -0.05) is 42.5 Å². The van der Waals surface area contributed by atoms with Crippen LogP contribution in [0.4, 0.5) is 5.69 Å². The van der Waals surface area contributed by atoms with E-state index < -0.39 is 12.5 Å². The summed E-state index contributed by atoms with van der Waals surface area (Å²) in [6, 6.07) is 16.1. The number of benzene rings is 2. The molecule has 0 bridgehead atoms. The SMILES string of the molecule is C[C@@H](NC(=O)c1ccccc1NC(=O)CO)c1ccccc1. The first-order valence-electron chi connectivity index (χ1n) is 6.97. The summed E-state index contributed by atoms with van der Waals surface area (Å²) in [5.74, 6) is -0.846. The van der Waals surface area contributed by atoms with E-state index >= 15 is 0 Å². The summed E-state index contributed by atoms with van der Waals surface area (Å²) in [4.78, 5) is 23.7. The molecule has 0 fully saturated rings. The van der Waals surface area contributed by atoms with Gasteiger partial charge in [-0.15, -0.1) is 0 Å². The normalized spacial score (nSPS) is 11.5. The zero-order valence-electron chi connectivity index (χ0n) is 12.2. The first-order valence-corrected chi connectivity index (χ1v) is 6.97. The van der Waals surface area contributed by atoms with Gasteiger partial charge < -0.3 is 15.7 Å². The Balaban J connectivity index is 2.14. The van der Waals surface area contributed by atoms with Crippen LogP contribution in [0.5, 0.6) is 0 Å². The molecule has 0 heterocycles. The van der Waals surface area contributed by atoms with Crippen molar-refractivity contribution < 1.29 is 14.7 Å². The van der Waals surface area contributed by atoms with Gasteiger partial charge in [-0.25, -0.2) is 0 Å². The number of amides is 2. The minimum Gasteiger partial charge on any atom is -0.387 e. The van der Waals surface area contributed by atoms with Crippen LogP contribution in [0.2, 0.25) is 0 Å². The first-order chi connectivity index (χ1) is 10.6. The molecule has 1 atom stereocenters. The van der Waals surface area contributed by atoms with Crippen LogP contribution < -0.4 is 10.6 Å². The van der Waals surface area contributed by atoms with Gasteiger partial charge in [0.15, 0.2) is 0 Å². The molecule has 0 aliphatic carbocycles. The van der Waals surface area contributed by atoms with E-state index in [4.69, 9.17) is 5.11 Å². The van der Waals surface area contributed by atoms with Gasteiger partial charge >= 0.3 is 0 Å². The Kier molecular flexibility index (Phi) is 5.27. The largest absolute Gasteiger partial charge is 0.387 e. The molecule has 2 aromatic rings. The summed E-state index contributed by atoms with van der Waals surface area (Å²) in [6.07, 6.45) is 0. The van der Waals surface area contributed by atoms with E-state index in [1.807, 2.05) is 37.3 Å². The predicted molar refractivity (Wildman–Crippen MR) is 84.5 cm³/mol. The molecule has 0 aliphatic heterocycles. The maximum absolute atomic E-state index is 12.4. The second kappa shape index (κ2) is 7.38. The van der Waals surface area contributed by atoms with Crippen molar-refractivity contribution in [2.24, 2.45) is 0 Å². The summed E-state index contributed by atoms with van der Waals surface area (Å²) in [6.45, 7) is 1.26. The molecule has 0 spiro atoms. The number of carbonyl (C=O) groups is 2. The monoisotopic (exact) mass is 298 g/mol. The molecule has 22 heavy (non-hydrogen) atoms. The molecule has 0 radical (unpaired) electrons. The van der Waals surface area contributed by atoms with E-state index in [1.165, 1.54) is 0 Å². The number of rotatable bonds is 5. The quantitative estimate of drug-likeness (QED) is 0.791. The maximum Gasteiger partial charge on any atom is 0.253 e. The highest BCUT2D eigenvalue weighted by Gasteiger charge is 2.15. The topological polar surface area (TPSA) is 78.4 Å². The van der Waals surface area contributed by atoms with Crippen molar-refractivity contribution in [1.82, 2.24) is 5.32 Å². The number of aliphatic hydroxyl groups excluding tert-OH is 1. The number of hydrogen-bond acceptors (Lipinski definition) is 3. The fourth-order valence-electron chi connectivity index (χ4n) is 2.08. The molecule has 0 aliphatic rings. The Morgan fingerprint density at radius 3 is 2.36 bits per heavy atom. The average Bonchev–Trinajstić information content (AvgIpc) is 2.55. The summed E-state index contributed by atoms with van der Waals surface area (Å²) >= 11 is 0. The van der Waals surface area contributed by atoms with Crippen LogP contribution in [0, 0.1) is 0 Å². The second-order valence-corrected chi connectivity index (χ2v) is 4.86. The molecule has 5 heteroatoms. The van der Waals surface area contributed by atoms with E-state index in [-0.39, 0.29) is 11.9 Å². The third-order valence-corrected chi connectivity index (χ3v) is 3.24. The standard InChI is InChI=1S/C17H18N2O3/c1-12(13-7-3-2-4-8-13)18-17(22)14-9-5-6-10-15(14)19-16(21)11-20/h2-10,12,20H,11H2,1H3,(H,18,22)(H,19,21)/t12-/m1/s1. The lowest BCUT2D eigenvalue weighted by Gasteiger charge is -2.16. The Morgan fingerprint density at radius 1 is 1.05 bits per heavy atom. The average molecular weight is 298 g/mol. The van der Waals surface area contributed by atoms with E-state index in [1.54, 1.807) is 24.3 Å². The van der Waals surface area contributed by atoms with Crippen molar-refractivity contribution in [3.8, 4) is 0 Å². The van der Waals surface area contributed by atoms with Gasteiger partial charge in [0.2, 0.25) is 5.91 Å². The van der Waals surface area contributed by atoms with Crippen LogP contribution in [0.25, 0.3) is 0 Å². The van der Waals surface area contributed by atoms with Crippen LogP contribution in [0.15, 0.2) is 54.6 Å². The molecule has 2 rings (SSSR count). The summed E-state index contributed by atoms with van der Waals surface area (Å²) in [7, 11) is 0. The van der Waals surface area contributed by atoms with Gasteiger partial charge in [-0.2, -0.15) is 0 Å². The molecule has 3 N–H and O–H groups in total. The van der Waals surface area contributed by atoms with Gasteiger partial charge in [0.25, 0.3) is 5.91 Å². The molecular weight excluding hydrogens is 280 g/mol. The van der Waals surface area contributed by atoms with Crippen molar-refractivity contribution in [3.63, 3.8) is 0 Å². The molecule has 0 saturated carbocycles. The van der Waals surface area contributed by atoms with Gasteiger partial charge in [0.05, 0.1) is 17.3 Å². The van der Waals surface area contributed by atoms with Gasteiger partial charge in [0.1, 0.15) is 6.61 Å². The minimum atomic E-state index is -0.629. The summed E-state index contributed by atoms with van der Waals surface area (Å²) in [5, 5.41) is 14.2. The lowest BCUT2D eigenvalue weighted by Crippen LogP contribution is -2.28. The molecule has 0 aromatic heterocycles. The first kappa shape index (κ1) is 15.7. The Labute approximate surface area is 129 Å². The fraction of sp³-hybridized carbons (Fsp3) is 0.176. The van der Waals surface area contributed by atoms with Crippen LogP contribution in [0.3, 0.4) is 0 Å². The lowest BCUT2D eigenvalue weighted by molar-refractivity contribution is -0.118. The number of carbonyl (C=O) groups excluding carboxylic acids is 2. The van der Waals surface area contributed by atoms with Crippen LogP contribution in [0.1, 0.15) is 28.9 Å². The van der Waals surface area contributed by atoms with E-state index in [0.29, 0.717) is 11.3 Å². The van der Waals surface area contributed by atoms with E-state index in [0.717, 1.165) is 5.56 Å². The molecular formula is C17H18N2O3. The van der Waals surface area contributed by atoms with Crippen LogP contribution in [-0.2, 0) is 4.79 Å². The zero-order valence-corrected chi connectivity index (χ0v) is 12.2. The van der Waals surface area contributed by atoms with E-state index in [2.05, 4.69) is 10.6 Å².